The highest BCUT2D eigenvalue weighted by molar-refractivity contribution is 5.85. The molecule has 0 amide bonds. The quantitative estimate of drug-likeness (QED) is 0.509. The van der Waals surface area contributed by atoms with Crippen molar-refractivity contribution in [3.05, 3.63) is 78.5 Å². The van der Waals surface area contributed by atoms with E-state index < -0.39 is 5.97 Å². The number of carboxylic acid groups (broad SMARTS) is 1. The fourth-order valence-electron chi connectivity index (χ4n) is 2.79. The van der Waals surface area contributed by atoms with Gasteiger partial charge in [-0.25, -0.2) is 0 Å². The fourth-order valence-corrected chi connectivity index (χ4v) is 2.79. The maximum absolute atomic E-state index is 10.8. The van der Waals surface area contributed by atoms with Crippen LogP contribution in [0.1, 0.15) is 18.4 Å². The molecule has 0 aliphatic carbocycles. The van der Waals surface area contributed by atoms with Crippen LogP contribution < -0.4 is 4.57 Å². The molecule has 3 rings (SSSR count). The zero-order valence-electron chi connectivity index (χ0n) is 14.5. The molecular formula is C22H21N2O2+. The van der Waals surface area contributed by atoms with Crippen LogP contribution in [0, 0.1) is 0 Å². The van der Waals surface area contributed by atoms with E-state index in [4.69, 9.17) is 5.11 Å². The minimum Gasteiger partial charge on any atom is -0.481 e. The molecule has 0 aliphatic heterocycles. The van der Waals surface area contributed by atoms with E-state index in [-0.39, 0.29) is 6.42 Å². The summed E-state index contributed by atoms with van der Waals surface area (Å²) in [6, 6.07) is 19.9. The van der Waals surface area contributed by atoms with Gasteiger partial charge in [0.1, 0.15) is 6.42 Å². The van der Waals surface area contributed by atoms with Crippen LogP contribution >= 0.6 is 0 Å². The summed E-state index contributed by atoms with van der Waals surface area (Å²) < 4.78 is 1.98. The Bertz CT molecular complexity index is 947. The first-order valence-corrected chi connectivity index (χ1v) is 8.61. The molecule has 3 aromatic rings. The third-order valence-electron chi connectivity index (χ3n) is 4.06. The number of aliphatic carboxylic acids is 1. The number of hydrogen-bond acceptors (Lipinski definition) is 2. The normalized spacial score (nSPS) is 11.5. The molecule has 0 fully saturated rings. The number of fused-ring (bicyclic) bond motifs is 1. The molecule has 4 nitrogen and oxygen atoms in total. The first kappa shape index (κ1) is 17.5. The maximum atomic E-state index is 10.8. The number of rotatable bonds is 7. The molecule has 0 aliphatic rings. The van der Waals surface area contributed by atoms with Gasteiger partial charge in [0.05, 0.1) is 11.1 Å². The summed E-state index contributed by atoms with van der Waals surface area (Å²) >= 11 is 0. The number of aliphatic imine (C=N–C) groups is 1. The van der Waals surface area contributed by atoms with Crippen LogP contribution in [-0.4, -0.2) is 17.3 Å². The highest BCUT2D eigenvalue weighted by Crippen LogP contribution is 2.17. The highest BCUT2D eigenvalue weighted by atomic mass is 16.4. The predicted molar refractivity (Wildman–Crippen MR) is 105 cm³/mol. The van der Waals surface area contributed by atoms with Crippen molar-refractivity contribution in [2.24, 2.45) is 4.99 Å². The molecule has 0 spiro atoms. The highest BCUT2D eigenvalue weighted by Gasteiger charge is 2.12. The summed E-state index contributed by atoms with van der Waals surface area (Å²) in [5.41, 5.74) is 3.10. The van der Waals surface area contributed by atoms with Gasteiger partial charge in [-0.3, -0.25) is 9.79 Å². The Labute approximate surface area is 152 Å². The lowest BCUT2D eigenvalue weighted by Gasteiger charge is -2.03. The van der Waals surface area contributed by atoms with Gasteiger partial charge in [0.25, 0.3) is 0 Å². The molecule has 0 radical (unpaired) electrons. The molecule has 0 unspecified atom stereocenters. The van der Waals surface area contributed by atoms with E-state index in [0.717, 1.165) is 28.6 Å². The summed E-state index contributed by atoms with van der Waals surface area (Å²) in [7, 11) is 0. The lowest BCUT2D eigenvalue weighted by molar-refractivity contribution is -0.670. The summed E-state index contributed by atoms with van der Waals surface area (Å²) in [5.74, 6) is -0.789. The van der Waals surface area contributed by atoms with Gasteiger partial charge in [0.2, 0.25) is 5.52 Å². The average Bonchev–Trinajstić information content (AvgIpc) is 2.67. The number of benzene rings is 2. The van der Waals surface area contributed by atoms with Crippen LogP contribution in [0.25, 0.3) is 17.0 Å². The Morgan fingerprint density at radius 1 is 1.04 bits per heavy atom. The lowest BCUT2D eigenvalue weighted by atomic mass is 10.1. The lowest BCUT2D eigenvalue weighted by Crippen LogP contribution is -2.35. The SMILES string of the molecule is O=C(O)CC[n+]1ccc(C=CCC=Nc2ccccc2)c2ccccc21. The molecule has 1 aromatic heterocycles. The Kier molecular flexibility index (Phi) is 5.88. The van der Waals surface area contributed by atoms with E-state index in [1.807, 2.05) is 71.6 Å². The van der Waals surface area contributed by atoms with E-state index in [2.05, 4.69) is 23.2 Å². The predicted octanol–water partition coefficient (Wildman–Crippen LogP) is 4.41. The molecule has 1 heterocycles. The average molecular weight is 345 g/mol. The van der Waals surface area contributed by atoms with E-state index >= 15 is 0 Å². The molecule has 0 atom stereocenters. The molecular weight excluding hydrogens is 324 g/mol. The van der Waals surface area contributed by atoms with Crippen LogP contribution in [-0.2, 0) is 11.3 Å². The number of aromatic nitrogens is 1. The number of allylic oxidation sites excluding steroid dienone is 1. The number of carboxylic acids is 1. The van der Waals surface area contributed by atoms with Crippen molar-refractivity contribution in [2.45, 2.75) is 19.4 Å². The van der Waals surface area contributed by atoms with Crippen molar-refractivity contribution < 1.29 is 14.5 Å². The van der Waals surface area contributed by atoms with Gasteiger partial charge >= 0.3 is 5.97 Å². The molecule has 2 aromatic carbocycles. The van der Waals surface area contributed by atoms with Crippen molar-refractivity contribution in [2.75, 3.05) is 0 Å². The molecule has 1 N–H and O–H groups in total. The van der Waals surface area contributed by atoms with E-state index in [0.29, 0.717) is 6.54 Å². The van der Waals surface area contributed by atoms with E-state index in [1.165, 1.54) is 0 Å². The van der Waals surface area contributed by atoms with Crippen molar-refractivity contribution in [1.82, 2.24) is 0 Å². The standard InChI is InChI=1S/C22H20N2O2/c25-22(26)14-17-24-16-13-18(20-11-4-5-12-21(20)24)8-6-7-15-23-19-9-2-1-3-10-19/h1-6,8-13,15-16H,7,14,17H2/p+1. The number of hydrogen-bond donors (Lipinski definition) is 1. The molecule has 0 saturated heterocycles. The number of aryl methyl sites for hydroxylation is 1. The second-order valence-corrected chi connectivity index (χ2v) is 5.91. The van der Waals surface area contributed by atoms with Crippen LogP contribution in [0.2, 0.25) is 0 Å². The third-order valence-corrected chi connectivity index (χ3v) is 4.06. The summed E-state index contributed by atoms with van der Waals surface area (Å²) in [6.45, 7) is 0.462. The number of carbonyl (C=O) groups is 1. The van der Waals surface area contributed by atoms with Gasteiger partial charge < -0.3 is 5.11 Å². The van der Waals surface area contributed by atoms with E-state index in [9.17, 15) is 4.79 Å². The van der Waals surface area contributed by atoms with Crippen molar-refractivity contribution in [3.8, 4) is 0 Å². The minimum atomic E-state index is -0.789. The van der Waals surface area contributed by atoms with Crippen LogP contribution in [0.4, 0.5) is 5.69 Å². The summed E-state index contributed by atoms with van der Waals surface area (Å²) in [4.78, 5) is 15.3. The van der Waals surface area contributed by atoms with Gasteiger partial charge in [-0.15, -0.1) is 0 Å². The number of nitrogens with zero attached hydrogens (tertiary/aromatic N) is 2. The first-order chi connectivity index (χ1) is 12.7. The topological polar surface area (TPSA) is 53.5 Å². The van der Waals surface area contributed by atoms with Crippen LogP contribution in [0.3, 0.4) is 0 Å². The monoisotopic (exact) mass is 345 g/mol. The summed E-state index contributed by atoms with van der Waals surface area (Å²) in [6.07, 6.45) is 8.86. The number of pyridine rings is 1. The summed E-state index contributed by atoms with van der Waals surface area (Å²) in [5, 5.41) is 10.0. The van der Waals surface area contributed by atoms with Gasteiger partial charge in [-0.2, -0.15) is 4.57 Å². The molecule has 0 bridgehead atoms. The Balaban J connectivity index is 1.74. The Morgan fingerprint density at radius 2 is 1.81 bits per heavy atom. The maximum Gasteiger partial charge on any atom is 0.309 e. The smallest absolute Gasteiger partial charge is 0.309 e. The zero-order valence-corrected chi connectivity index (χ0v) is 14.5. The Hall–Kier alpha value is -3.27. The largest absolute Gasteiger partial charge is 0.481 e. The van der Waals surface area contributed by atoms with Gasteiger partial charge in [-0.05, 0) is 23.8 Å². The molecule has 0 saturated carbocycles. The van der Waals surface area contributed by atoms with Crippen LogP contribution in [0.15, 0.2) is 77.9 Å². The first-order valence-electron chi connectivity index (χ1n) is 8.61. The van der Waals surface area contributed by atoms with Crippen LogP contribution in [0.5, 0.6) is 0 Å². The van der Waals surface area contributed by atoms with Crippen molar-refractivity contribution >= 4 is 34.9 Å². The van der Waals surface area contributed by atoms with Crippen molar-refractivity contribution in [1.29, 1.82) is 0 Å². The molecule has 26 heavy (non-hydrogen) atoms. The molecule has 4 heteroatoms. The van der Waals surface area contributed by atoms with Gasteiger partial charge in [0.15, 0.2) is 12.7 Å². The van der Waals surface area contributed by atoms with Gasteiger partial charge in [-0.1, -0.05) is 42.5 Å². The second-order valence-electron chi connectivity index (χ2n) is 5.91. The van der Waals surface area contributed by atoms with Crippen molar-refractivity contribution in [3.63, 3.8) is 0 Å². The zero-order chi connectivity index (χ0) is 18.2. The molecule has 130 valence electrons. The number of para-hydroxylation sites is 2. The minimum absolute atomic E-state index is 0.111. The Morgan fingerprint density at radius 3 is 2.62 bits per heavy atom. The fraction of sp³-hybridized carbons (Fsp3) is 0.136. The van der Waals surface area contributed by atoms with E-state index in [1.54, 1.807) is 0 Å². The van der Waals surface area contributed by atoms with Gasteiger partial charge in [0, 0.05) is 24.8 Å². The third kappa shape index (κ3) is 4.63. The second kappa shape index (κ2) is 8.72.